The summed E-state index contributed by atoms with van der Waals surface area (Å²) in [6.45, 7) is 2.12. The van der Waals surface area contributed by atoms with E-state index in [1.54, 1.807) is 6.08 Å². The van der Waals surface area contributed by atoms with Gasteiger partial charge in [0.15, 0.2) is 0 Å². The van der Waals surface area contributed by atoms with E-state index in [0.29, 0.717) is 0 Å². The van der Waals surface area contributed by atoms with E-state index in [4.69, 9.17) is 11.6 Å². The number of unbranched alkanes of at least 4 members (excludes halogenated alkanes) is 3. The maximum atomic E-state index is 11.2. The molecule has 0 saturated heterocycles. The van der Waals surface area contributed by atoms with E-state index in [-0.39, 0.29) is 5.91 Å². The average Bonchev–Trinajstić information content (AvgIpc) is 2.16. The molecule has 0 aliphatic rings. The van der Waals surface area contributed by atoms with Gasteiger partial charge in [0.2, 0.25) is 0 Å². The fourth-order valence-electron chi connectivity index (χ4n) is 0.895. The normalized spacial score (nSPS) is 10.5. The van der Waals surface area contributed by atoms with Crippen LogP contribution in [0, 0.1) is 0 Å². The second-order valence-corrected chi connectivity index (χ2v) is 3.37. The zero-order chi connectivity index (χ0) is 11.0. The molecule has 0 N–H and O–H groups in total. The summed E-state index contributed by atoms with van der Waals surface area (Å²) in [5, 5.41) is -0.756. The van der Waals surface area contributed by atoms with Gasteiger partial charge in [-0.2, -0.15) is 0 Å². The maximum Gasteiger partial charge on any atom is 0.323 e. The fraction of sp³-hybridized carbons (Fsp3) is 0.600. The Hall–Kier alpha value is -0.830. The van der Waals surface area contributed by atoms with Gasteiger partial charge in [0.1, 0.15) is 0 Å². The number of hydrogen-bond acceptors (Lipinski definition) is 2. The van der Waals surface area contributed by atoms with E-state index in [2.05, 4.69) is 6.92 Å². The van der Waals surface area contributed by atoms with Crippen molar-refractivity contribution in [3.8, 4) is 0 Å². The second kappa shape index (κ2) is 7.56. The zero-order valence-corrected chi connectivity index (χ0v) is 9.38. The predicted octanol–water partition coefficient (Wildman–Crippen LogP) is 2.94. The molecule has 0 aromatic carbocycles. The highest BCUT2D eigenvalue weighted by molar-refractivity contribution is 6.64. The molecule has 4 heteroatoms. The van der Waals surface area contributed by atoms with Crippen molar-refractivity contribution >= 4 is 22.9 Å². The molecular weight excluding hydrogens is 202 g/mol. The molecule has 2 amide bonds. The number of nitrogens with zero attached hydrogens (tertiary/aromatic N) is 1. The Balaban J connectivity index is 3.76. The summed E-state index contributed by atoms with van der Waals surface area (Å²) in [5.74, 6) is -0.374. The molecule has 3 nitrogen and oxygen atoms in total. The molecule has 0 saturated carbocycles. The van der Waals surface area contributed by atoms with Crippen molar-refractivity contribution < 1.29 is 9.59 Å². The number of amides is 2. The predicted molar refractivity (Wildman–Crippen MR) is 57.3 cm³/mol. The second-order valence-electron chi connectivity index (χ2n) is 3.05. The molecule has 0 heterocycles. The Morgan fingerprint density at radius 3 is 2.50 bits per heavy atom. The molecule has 0 unspecified atom stereocenters. The van der Waals surface area contributed by atoms with Crippen LogP contribution in [0.25, 0.3) is 0 Å². The van der Waals surface area contributed by atoms with Gasteiger partial charge in [0.25, 0.3) is 5.91 Å². The van der Waals surface area contributed by atoms with Gasteiger partial charge in [0.05, 0.1) is 0 Å². The van der Waals surface area contributed by atoms with Crippen LogP contribution in [0.5, 0.6) is 0 Å². The SMILES string of the molecule is CCCCCC=CC(=O)N(C)C(=O)Cl. The molecule has 0 aromatic heterocycles. The Bertz CT molecular complexity index is 226. The van der Waals surface area contributed by atoms with Gasteiger partial charge in [-0.15, -0.1) is 0 Å². The smallest absolute Gasteiger partial charge is 0.269 e. The van der Waals surface area contributed by atoms with Crippen LogP contribution < -0.4 is 0 Å². The fourth-order valence-corrected chi connectivity index (χ4v) is 0.978. The largest absolute Gasteiger partial charge is 0.323 e. The highest BCUT2D eigenvalue weighted by atomic mass is 35.5. The van der Waals surface area contributed by atoms with Crippen molar-refractivity contribution in [2.45, 2.75) is 32.6 Å². The third kappa shape index (κ3) is 5.75. The van der Waals surface area contributed by atoms with Crippen LogP contribution in [0.15, 0.2) is 12.2 Å². The number of allylic oxidation sites excluding steroid dienone is 1. The number of likely N-dealkylation sites (N-methyl/N-ethyl adjacent to an activating group) is 1. The van der Waals surface area contributed by atoms with E-state index in [9.17, 15) is 9.59 Å². The minimum absolute atomic E-state index is 0.374. The van der Waals surface area contributed by atoms with Crippen LogP contribution in [-0.2, 0) is 4.79 Å². The van der Waals surface area contributed by atoms with Crippen molar-refractivity contribution in [1.82, 2.24) is 4.90 Å². The van der Waals surface area contributed by atoms with Crippen LogP contribution in [0.2, 0.25) is 0 Å². The summed E-state index contributed by atoms with van der Waals surface area (Å²) in [5.41, 5.74) is 0. The van der Waals surface area contributed by atoms with Gasteiger partial charge in [0, 0.05) is 7.05 Å². The zero-order valence-electron chi connectivity index (χ0n) is 8.62. The standard InChI is InChI=1S/C10H16ClNO2/c1-3-4-5-6-7-8-9(13)12(2)10(11)14/h7-8H,3-6H2,1-2H3. The molecule has 0 aliphatic heterocycles. The lowest BCUT2D eigenvalue weighted by molar-refractivity contribution is -0.121. The van der Waals surface area contributed by atoms with E-state index < -0.39 is 5.37 Å². The minimum atomic E-state index is -0.756. The van der Waals surface area contributed by atoms with Crippen molar-refractivity contribution in [3.05, 3.63) is 12.2 Å². The molecule has 0 radical (unpaired) electrons. The van der Waals surface area contributed by atoms with Crippen LogP contribution in [-0.4, -0.2) is 23.2 Å². The summed E-state index contributed by atoms with van der Waals surface area (Å²) < 4.78 is 0. The van der Waals surface area contributed by atoms with Crippen LogP contribution in [0.1, 0.15) is 32.6 Å². The first-order chi connectivity index (χ1) is 6.59. The summed E-state index contributed by atoms with van der Waals surface area (Å²) in [4.78, 5) is 22.6. The van der Waals surface area contributed by atoms with Crippen LogP contribution in [0.3, 0.4) is 0 Å². The highest BCUT2D eigenvalue weighted by Crippen LogP contribution is 2.00. The number of hydrogen-bond donors (Lipinski definition) is 0. The summed E-state index contributed by atoms with van der Waals surface area (Å²) in [6.07, 6.45) is 7.40. The maximum absolute atomic E-state index is 11.2. The van der Waals surface area contributed by atoms with Crippen molar-refractivity contribution in [1.29, 1.82) is 0 Å². The van der Waals surface area contributed by atoms with Gasteiger partial charge < -0.3 is 0 Å². The molecule has 0 bridgehead atoms. The van der Waals surface area contributed by atoms with Gasteiger partial charge in [-0.25, -0.2) is 0 Å². The number of halogens is 1. The Labute approximate surface area is 89.7 Å². The first-order valence-electron chi connectivity index (χ1n) is 4.73. The van der Waals surface area contributed by atoms with Gasteiger partial charge >= 0.3 is 5.37 Å². The Kier molecular flexibility index (Phi) is 7.11. The minimum Gasteiger partial charge on any atom is -0.269 e. The third-order valence-corrected chi connectivity index (χ3v) is 2.08. The van der Waals surface area contributed by atoms with E-state index in [1.165, 1.54) is 13.1 Å². The topological polar surface area (TPSA) is 37.4 Å². The molecule has 0 aliphatic carbocycles. The molecule has 0 aromatic rings. The molecule has 14 heavy (non-hydrogen) atoms. The Morgan fingerprint density at radius 2 is 2.00 bits per heavy atom. The van der Waals surface area contributed by atoms with Gasteiger partial charge in [-0.05, 0) is 30.5 Å². The Morgan fingerprint density at radius 1 is 1.36 bits per heavy atom. The number of rotatable bonds is 5. The van der Waals surface area contributed by atoms with Gasteiger partial charge in [-0.3, -0.25) is 14.5 Å². The van der Waals surface area contributed by atoms with Crippen molar-refractivity contribution in [2.24, 2.45) is 0 Å². The molecule has 0 spiro atoms. The molecule has 0 rings (SSSR count). The third-order valence-electron chi connectivity index (χ3n) is 1.83. The highest BCUT2D eigenvalue weighted by Gasteiger charge is 2.09. The molecular formula is C10H16ClNO2. The number of carbonyl (C=O) groups is 2. The van der Waals surface area contributed by atoms with E-state index in [1.807, 2.05) is 0 Å². The van der Waals surface area contributed by atoms with Crippen LogP contribution in [0.4, 0.5) is 4.79 Å². The lowest BCUT2D eigenvalue weighted by Gasteiger charge is -2.06. The summed E-state index contributed by atoms with van der Waals surface area (Å²) in [6, 6.07) is 0. The first-order valence-corrected chi connectivity index (χ1v) is 5.11. The molecule has 0 fully saturated rings. The number of carbonyl (C=O) groups excluding carboxylic acids is 2. The van der Waals surface area contributed by atoms with Crippen molar-refractivity contribution in [3.63, 3.8) is 0 Å². The lowest BCUT2D eigenvalue weighted by Crippen LogP contribution is -2.26. The lowest BCUT2D eigenvalue weighted by atomic mass is 10.2. The van der Waals surface area contributed by atoms with E-state index >= 15 is 0 Å². The molecule has 80 valence electrons. The van der Waals surface area contributed by atoms with Gasteiger partial charge in [-0.1, -0.05) is 25.8 Å². The van der Waals surface area contributed by atoms with E-state index in [0.717, 1.165) is 30.6 Å². The summed E-state index contributed by atoms with van der Waals surface area (Å²) in [7, 11) is 1.36. The van der Waals surface area contributed by atoms with Crippen LogP contribution >= 0.6 is 11.6 Å². The monoisotopic (exact) mass is 217 g/mol. The average molecular weight is 218 g/mol. The molecule has 0 atom stereocenters. The summed E-state index contributed by atoms with van der Waals surface area (Å²) >= 11 is 5.12. The quantitative estimate of drug-likeness (QED) is 0.307. The van der Waals surface area contributed by atoms with Crippen molar-refractivity contribution in [2.75, 3.05) is 7.05 Å². The first kappa shape index (κ1) is 13.2. The number of imide groups is 1.